The monoisotopic (exact) mass is 184 g/mol. The predicted molar refractivity (Wildman–Crippen MR) is 45.1 cm³/mol. The molecule has 2 rings (SSSR count). The van der Waals surface area contributed by atoms with Gasteiger partial charge in [0.15, 0.2) is 0 Å². The number of rotatable bonds is 1. The van der Waals surface area contributed by atoms with Gasteiger partial charge in [-0.1, -0.05) is 0 Å². The molecule has 1 aromatic rings. The van der Waals surface area contributed by atoms with Crippen LogP contribution in [0.4, 0.5) is 8.78 Å². The molecule has 1 heterocycles. The fourth-order valence-electron chi connectivity index (χ4n) is 1.86. The maximum absolute atomic E-state index is 13.2. The summed E-state index contributed by atoms with van der Waals surface area (Å²) in [6.45, 7) is 1.01. The van der Waals surface area contributed by atoms with E-state index in [0.29, 0.717) is 5.56 Å². The Balaban J connectivity index is 2.32. The molecule has 0 aromatic heterocycles. The van der Waals surface area contributed by atoms with Crippen molar-refractivity contribution in [2.45, 2.75) is 18.9 Å². The summed E-state index contributed by atoms with van der Waals surface area (Å²) in [5.41, 5.74) is 0.512. The zero-order chi connectivity index (χ0) is 9.26. The molecule has 1 atom stereocenters. The first-order valence-corrected chi connectivity index (χ1v) is 4.55. The van der Waals surface area contributed by atoms with Crippen LogP contribution in [-0.2, 0) is 0 Å². The Hall–Kier alpha value is -0.960. The molecule has 1 aliphatic rings. The highest BCUT2D eigenvalue weighted by Gasteiger charge is 2.23. The molecule has 0 spiro atoms. The molecule has 1 saturated heterocycles. The lowest BCUT2D eigenvalue weighted by Gasteiger charge is -2.08. The highest BCUT2D eigenvalue weighted by atomic mass is 19.1. The SMILES string of the molecule is Fc1ccc(F)c([C@@H]2CCC[NH2+]2)c1. The minimum absolute atomic E-state index is 0.121. The molecule has 0 bridgehead atoms. The van der Waals surface area contributed by atoms with Crippen LogP contribution >= 0.6 is 0 Å². The lowest BCUT2D eigenvalue weighted by Crippen LogP contribution is -2.81. The van der Waals surface area contributed by atoms with Crippen molar-refractivity contribution in [2.24, 2.45) is 0 Å². The number of quaternary nitrogens is 1. The molecule has 1 aliphatic heterocycles. The molecule has 1 fully saturated rings. The van der Waals surface area contributed by atoms with Crippen molar-refractivity contribution < 1.29 is 14.1 Å². The minimum Gasteiger partial charge on any atom is -0.340 e. The Labute approximate surface area is 75.8 Å². The highest BCUT2D eigenvalue weighted by Crippen LogP contribution is 2.21. The van der Waals surface area contributed by atoms with Crippen LogP contribution in [0.15, 0.2) is 18.2 Å². The van der Waals surface area contributed by atoms with Crippen molar-refractivity contribution in [3.05, 3.63) is 35.4 Å². The van der Waals surface area contributed by atoms with Gasteiger partial charge in [0.25, 0.3) is 0 Å². The van der Waals surface area contributed by atoms with E-state index in [9.17, 15) is 8.78 Å². The van der Waals surface area contributed by atoms with Crippen molar-refractivity contribution in [1.82, 2.24) is 0 Å². The summed E-state index contributed by atoms with van der Waals surface area (Å²) < 4.78 is 26.1. The van der Waals surface area contributed by atoms with Crippen LogP contribution in [0.5, 0.6) is 0 Å². The van der Waals surface area contributed by atoms with E-state index in [1.54, 1.807) is 0 Å². The maximum atomic E-state index is 13.2. The van der Waals surface area contributed by atoms with E-state index in [-0.39, 0.29) is 17.7 Å². The number of hydrogen-bond donors (Lipinski definition) is 1. The standard InChI is InChI=1S/C10H11F2N/c11-7-3-4-9(12)8(6-7)10-2-1-5-13-10/h3-4,6,10,13H,1-2,5H2/p+1/t10-/m0/s1. The molecule has 0 radical (unpaired) electrons. The summed E-state index contributed by atoms with van der Waals surface area (Å²) in [6, 6.07) is 3.79. The van der Waals surface area contributed by atoms with E-state index in [1.165, 1.54) is 12.1 Å². The van der Waals surface area contributed by atoms with Crippen LogP contribution in [0.1, 0.15) is 24.4 Å². The van der Waals surface area contributed by atoms with Crippen LogP contribution < -0.4 is 5.32 Å². The van der Waals surface area contributed by atoms with Gasteiger partial charge in [-0.3, -0.25) is 0 Å². The molecular weight excluding hydrogens is 172 g/mol. The second-order valence-electron chi connectivity index (χ2n) is 3.44. The van der Waals surface area contributed by atoms with Gasteiger partial charge < -0.3 is 5.32 Å². The fourth-order valence-corrected chi connectivity index (χ4v) is 1.86. The van der Waals surface area contributed by atoms with E-state index in [1.807, 2.05) is 0 Å². The summed E-state index contributed by atoms with van der Waals surface area (Å²) in [5.74, 6) is -0.638. The molecule has 0 saturated carbocycles. The smallest absolute Gasteiger partial charge is 0.132 e. The number of benzene rings is 1. The van der Waals surface area contributed by atoms with E-state index in [0.717, 1.165) is 25.5 Å². The second-order valence-corrected chi connectivity index (χ2v) is 3.44. The summed E-state index contributed by atoms with van der Waals surface area (Å²) >= 11 is 0. The first kappa shape index (κ1) is 8.63. The van der Waals surface area contributed by atoms with Crippen molar-refractivity contribution in [3.8, 4) is 0 Å². The maximum Gasteiger partial charge on any atom is 0.132 e. The molecule has 0 unspecified atom stereocenters. The average Bonchev–Trinajstić information content (AvgIpc) is 2.61. The lowest BCUT2D eigenvalue weighted by molar-refractivity contribution is -0.676. The van der Waals surface area contributed by atoms with Gasteiger partial charge in [-0.2, -0.15) is 0 Å². The summed E-state index contributed by atoms with van der Waals surface area (Å²) in [4.78, 5) is 0. The van der Waals surface area contributed by atoms with Gasteiger partial charge in [0, 0.05) is 18.4 Å². The van der Waals surface area contributed by atoms with Crippen LogP contribution in [0, 0.1) is 11.6 Å². The minimum atomic E-state index is -0.350. The van der Waals surface area contributed by atoms with Gasteiger partial charge in [0.1, 0.15) is 17.7 Å². The molecule has 13 heavy (non-hydrogen) atoms. The zero-order valence-electron chi connectivity index (χ0n) is 7.26. The number of halogens is 2. The Kier molecular flexibility index (Phi) is 2.27. The van der Waals surface area contributed by atoms with Gasteiger partial charge >= 0.3 is 0 Å². The Bertz CT molecular complexity index is 306. The van der Waals surface area contributed by atoms with E-state index in [2.05, 4.69) is 5.32 Å². The molecule has 1 aromatic carbocycles. The quantitative estimate of drug-likeness (QED) is 0.678. The molecule has 2 N–H and O–H groups in total. The first-order chi connectivity index (χ1) is 6.27. The number of hydrogen-bond acceptors (Lipinski definition) is 0. The van der Waals surface area contributed by atoms with E-state index >= 15 is 0 Å². The third-order valence-corrected chi connectivity index (χ3v) is 2.53. The van der Waals surface area contributed by atoms with Crippen molar-refractivity contribution >= 4 is 0 Å². The van der Waals surface area contributed by atoms with Crippen molar-refractivity contribution in [2.75, 3.05) is 6.54 Å². The molecule has 1 nitrogen and oxygen atoms in total. The Morgan fingerprint density at radius 1 is 1.31 bits per heavy atom. The molecule has 0 aliphatic carbocycles. The Morgan fingerprint density at radius 2 is 2.15 bits per heavy atom. The molecular formula is C10H12F2N+. The Morgan fingerprint density at radius 3 is 2.85 bits per heavy atom. The summed E-state index contributed by atoms with van der Waals surface area (Å²) in [7, 11) is 0. The third-order valence-electron chi connectivity index (χ3n) is 2.53. The van der Waals surface area contributed by atoms with Crippen molar-refractivity contribution in [3.63, 3.8) is 0 Å². The van der Waals surface area contributed by atoms with E-state index in [4.69, 9.17) is 0 Å². The third kappa shape index (κ3) is 1.70. The number of nitrogens with two attached hydrogens (primary N) is 1. The molecule has 70 valence electrons. The molecule has 0 amide bonds. The van der Waals surface area contributed by atoms with Crippen LogP contribution in [0.25, 0.3) is 0 Å². The largest absolute Gasteiger partial charge is 0.340 e. The zero-order valence-corrected chi connectivity index (χ0v) is 7.26. The second kappa shape index (κ2) is 3.42. The van der Waals surface area contributed by atoms with Gasteiger partial charge in [0.2, 0.25) is 0 Å². The van der Waals surface area contributed by atoms with Gasteiger partial charge in [-0.05, 0) is 18.2 Å². The molecule has 3 heteroatoms. The lowest BCUT2D eigenvalue weighted by atomic mass is 10.0. The fraction of sp³-hybridized carbons (Fsp3) is 0.400. The van der Waals surface area contributed by atoms with Crippen LogP contribution in [0.2, 0.25) is 0 Å². The predicted octanol–water partition coefficient (Wildman–Crippen LogP) is 1.36. The van der Waals surface area contributed by atoms with Crippen LogP contribution in [-0.4, -0.2) is 6.54 Å². The van der Waals surface area contributed by atoms with Gasteiger partial charge in [-0.25, -0.2) is 8.78 Å². The summed E-state index contributed by atoms with van der Waals surface area (Å²) in [5, 5.41) is 2.07. The topological polar surface area (TPSA) is 16.6 Å². The van der Waals surface area contributed by atoms with Gasteiger partial charge in [-0.15, -0.1) is 0 Å². The normalized spacial score (nSPS) is 22.2. The van der Waals surface area contributed by atoms with Gasteiger partial charge in [0.05, 0.1) is 6.54 Å². The van der Waals surface area contributed by atoms with Crippen molar-refractivity contribution in [1.29, 1.82) is 0 Å². The summed E-state index contributed by atoms with van der Waals surface area (Å²) in [6.07, 6.45) is 2.03. The first-order valence-electron chi connectivity index (χ1n) is 4.55. The average molecular weight is 184 g/mol. The van der Waals surface area contributed by atoms with Crippen LogP contribution in [0.3, 0.4) is 0 Å². The van der Waals surface area contributed by atoms with E-state index < -0.39 is 0 Å². The highest BCUT2D eigenvalue weighted by molar-refractivity contribution is 5.21.